The molecule has 2 aromatic carbocycles. The van der Waals surface area contributed by atoms with Gasteiger partial charge in [0.05, 0.1) is 0 Å². The highest BCUT2D eigenvalue weighted by Gasteiger charge is 2.37. The lowest BCUT2D eigenvalue weighted by Crippen LogP contribution is -2.50. The van der Waals surface area contributed by atoms with Gasteiger partial charge in [0.25, 0.3) is 0 Å². The zero-order valence-corrected chi connectivity index (χ0v) is 17.5. The van der Waals surface area contributed by atoms with Gasteiger partial charge in [0, 0.05) is 37.3 Å². The van der Waals surface area contributed by atoms with Gasteiger partial charge < -0.3 is 5.32 Å². The van der Waals surface area contributed by atoms with Crippen molar-refractivity contribution in [1.82, 2.24) is 10.2 Å². The fourth-order valence-electron chi connectivity index (χ4n) is 3.86. The Balaban J connectivity index is 1.62. The number of nitrogens with zero attached hydrogens (tertiary/aromatic N) is 2. The molecule has 1 N–H and O–H groups in total. The van der Waals surface area contributed by atoms with E-state index in [-0.39, 0.29) is 17.9 Å². The van der Waals surface area contributed by atoms with Crippen LogP contribution in [0, 0.1) is 0 Å². The average molecular weight is 394 g/mol. The summed E-state index contributed by atoms with van der Waals surface area (Å²) >= 11 is 0. The molecule has 0 aromatic heterocycles. The summed E-state index contributed by atoms with van der Waals surface area (Å²) in [5, 5.41) is 3.14. The fourth-order valence-corrected chi connectivity index (χ4v) is 3.86. The molecule has 2 unspecified atom stereocenters. The standard InChI is InChI=1S/C24H31N3O2/c1-18(2)26(17-20-10-6-4-7-11-20)16-19(3)25-24(29)22-14-15-23(28)27(22)21-12-8-5-9-13-21/h4-13,18-19,22H,14-17H2,1-3H3,(H,25,29). The first kappa shape index (κ1) is 21.1. The third kappa shape index (κ3) is 5.45. The van der Waals surface area contributed by atoms with Crippen LogP contribution in [0.5, 0.6) is 0 Å². The summed E-state index contributed by atoms with van der Waals surface area (Å²) < 4.78 is 0. The molecule has 1 saturated heterocycles. The van der Waals surface area contributed by atoms with Crippen LogP contribution >= 0.6 is 0 Å². The van der Waals surface area contributed by atoms with Crippen molar-refractivity contribution in [1.29, 1.82) is 0 Å². The van der Waals surface area contributed by atoms with Gasteiger partial charge in [-0.3, -0.25) is 19.4 Å². The van der Waals surface area contributed by atoms with Gasteiger partial charge in [0.2, 0.25) is 11.8 Å². The van der Waals surface area contributed by atoms with Gasteiger partial charge in [-0.2, -0.15) is 0 Å². The lowest BCUT2D eigenvalue weighted by atomic mass is 10.1. The number of benzene rings is 2. The third-order valence-corrected chi connectivity index (χ3v) is 5.40. The molecule has 1 fully saturated rings. The van der Waals surface area contributed by atoms with Gasteiger partial charge in [-0.1, -0.05) is 48.5 Å². The van der Waals surface area contributed by atoms with Crippen molar-refractivity contribution in [2.45, 2.75) is 58.3 Å². The summed E-state index contributed by atoms with van der Waals surface area (Å²) in [6.07, 6.45) is 0.970. The number of hydrogen-bond acceptors (Lipinski definition) is 3. The number of anilines is 1. The summed E-state index contributed by atoms with van der Waals surface area (Å²) in [5.74, 6) is -0.0625. The number of para-hydroxylation sites is 1. The van der Waals surface area contributed by atoms with E-state index < -0.39 is 6.04 Å². The molecule has 3 rings (SSSR count). The Bertz CT molecular complexity index is 807. The fraction of sp³-hybridized carbons (Fsp3) is 0.417. The summed E-state index contributed by atoms with van der Waals surface area (Å²) in [5.41, 5.74) is 2.05. The van der Waals surface area contributed by atoms with E-state index in [2.05, 4.69) is 36.2 Å². The maximum Gasteiger partial charge on any atom is 0.243 e. The highest BCUT2D eigenvalue weighted by Crippen LogP contribution is 2.26. The maximum atomic E-state index is 13.0. The van der Waals surface area contributed by atoms with Crippen molar-refractivity contribution in [3.8, 4) is 0 Å². The van der Waals surface area contributed by atoms with Gasteiger partial charge in [0.1, 0.15) is 6.04 Å². The molecule has 29 heavy (non-hydrogen) atoms. The second-order valence-electron chi connectivity index (χ2n) is 8.07. The Morgan fingerprint density at radius 1 is 1.07 bits per heavy atom. The van der Waals surface area contributed by atoms with Crippen molar-refractivity contribution in [3.05, 3.63) is 66.2 Å². The van der Waals surface area contributed by atoms with Gasteiger partial charge in [-0.25, -0.2) is 0 Å². The Labute approximate surface area is 173 Å². The van der Waals surface area contributed by atoms with E-state index in [0.29, 0.717) is 18.9 Å². The predicted octanol–water partition coefficient (Wildman–Crippen LogP) is 3.60. The van der Waals surface area contributed by atoms with Gasteiger partial charge in [-0.15, -0.1) is 0 Å². The molecule has 2 atom stereocenters. The highest BCUT2D eigenvalue weighted by atomic mass is 16.2. The minimum Gasteiger partial charge on any atom is -0.351 e. The molecule has 154 valence electrons. The molecule has 2 aromatic rings. The summed E-state index contributed by atoms with van der Waals surface area (Å²) in [4.78, 5) is 29.4. The van der Waals surface area contributed by atoms with E-state index in [1.54, 1.807) is 4.90 Å². The number of nitrogens with one attached hydrogen (secondary N) is 1. The molecule has 2 amide bonds. The van der Waals surface area contributed by atoms with E-state index in [0.717, 1.165) is 18.8 Å². The van der Waals surface area contributed by atoms with Crippen LogP contribution in [-0.2, 0) is 16.1 Å². The van der Waals surface area contributed by atoms with Crippen LogP contribution in [0.1, 0.15) is 39.2 Å². The molecule has 5 nitrogen and oxygen atoms in total. The zero-order chi connectivity index (χ0) is 20.8. The first-order chi connectivity index (χ1) is 14.0. The third-order valence-electron chi connectivity index (χ3n) is 5.40. The Kier molecular flexibility index (Phi) is 7.04. The van der Waals surface area contributed by atoms with E-state index in [1.807, 2.05) is 55.5 Å². The summed E-state index contributed by atoms with van der Waals surface area (Å²) in [7, 11) is 0. The van der Waals surface area contributed by atoms with Crippen LogP contribution in [0.4, 0.5) is 5.69 Å². The lowest BCUT2D eigenvalue weighted by Gasteiger charge is -2.31. The number of amides is 2. The van der Waals surface area contributed by atoms with Crippen LogP contribution < -0.4 is 10.2 Å². The van der Waals surface area contributed by atoms with Crippen molar-refractivity contribution in [2.75, 3.05) is 11.4 Å². The van der Waals surface area contributed by atoms with Crippen LogP contribution in [0.15, 0.2) is 60.7 Å². The number of hydrogen-bond donors (Lipinski definition) is 1. The Hall–Kier alpha value is -2.66. The van der Waals surface area contributed by atoms with E-state index in [4.69, 9.17) is 0 Å². The van der Waals surface area contributed by atoms with E-state index in [1.165, 1.54) is 5.56 Å². The van der Waals surface area contributed by atoms with E-state index in [9.17, 15) is 9.59 Å². The molecule has 1 heterocycles. The molecule has 1 aliphatic heterocycles. The van der Waals surface area contributed by atoms with Crippen LogP contribution in [0.3, 0.4) is 0 Å². The summed E-state index contributed by atoms with van der Waals surface area (Å²) in [6.45, 7) is 7.97. The number of rotatable bonds is 8. The molecular formula is C24H31N3O2. The Morgan fingerprint density at radius 3 is 2.31 bits per heavy atom. The normalized spacial score (nSPS) is 17.8. The first-order valence-electron chi connectivity index (χ1n) is 10.4. The highest BCUT2D eigenvalue weighted by molar-refractivity contribution is 6.03. The van der Waals surface area contributed by atoms with E-state index >= 15 is 0 Å². The maximum absolute atomic E-state index is 13.0. The first-order valence-corrected chi connectivity index (χ1v) is 10.4. The van der Waals surface area contributed by atoms with Crippen molar-refractivity contribution >= 4 is 17.5 Å². The molecular weight excluding hydrogens is 362 g/mol. The Morgan fingerprint density at radius 2 is 1.69 bits per heavy atom. The van der Waals surface area contributed by atoms with Gasteiger partial charge in [-0.05, 0) is 44.9 Å². The van der Waals surface area contributed by atoms with Crippen molar-refractivity contribution in [2.24, 2.45) is 0 Å². The molecule has 0 bridgehead atoms. The number of carbonyl (C=O) groups is 2. The van der Waals surface area contributed by atoms with Crippen LogP contribution in [0.2, 0.25) is 0 Å². The second-order valence-corrected chi connectivity index (χ2v) is 8.07. The minimum absolute atomic E-state index is 0.0110. The van der Waals surface area contributed by atoms with Gasteiger partial charge >= 0.3 is 0 Å². The molecule has 0 radical (unpaired) electrons. The topological polar surface area (TPSA) is 52.7 Å². The van der Waals surface area contributed by atoms with Crippen LogP contribution in [-0.4, -0.2) is 41.4 Å². The number of carbonyl (C=O) groups excluding carboxylic acids is 2. The zero-order valence-electron chi connectivity index (χ0n) is 17.5. The minimum atomic E-state index is -0.436. The predicted molar refractivity (Wildman–Crippen MR) is 117 cm³/mol. The SMILES string of the molecule is CC(CN(Cc1ccccc1)C(C)C)NC(=O)C1CCC(=O)N1c1ccccc1. The molecule has 0 spiro atoms. The van der Waals surface area contributed by atoms with Gasteiger partial charge in [0.15, 0.2) is 0 Å². The molecule has 5 heteroatoms. The molecule has 1 aliphatic rings. The monoisotopic (exact) mass is 393 g/mol. The smallest absolute Gasteiger partial charge is 0.243 e. The quantitative estimate of drug-likeness (QED) is 0.746. The summed E-state index contributed by atoms with van der Waals surface area (Å²) in [6, 6.07) is 19.7. The van der Waals surface area contributed by atoms with Crippen LogP contribution in [0.25, 0.3) is 0 Å². The lowest BCUT2D eigenvalue weighted by molar-refractivity contribution is -0.124. The van der Waals surface area contributed by atoms with Crippen molar-refractivity contribution in [3.63, 3.8) is 0 Å². The molecule has 0 aliphatic carbocycles. The average Bonchev–Trinajstić information content (AvgIpc) is 3.10. The van der Waals surface area contributed by atoms with Crippen molar-refractivity contribution < 1.29 is 9.59 Å². The second kappa shape index (κ2) is 9.70. The molecule has 0 saturated carbocycles. The largest absolute Gasteiger partial charge is 0.351 e.